The Bertz CT molecular complexity index is 577. The van der Waals surface area contributed by atoms with Crippen LogP contribution in [-0.2, 0) is 9.84 Å². The molecule has 0 aromatic heterocycles. The summed E-state index contributed by atoms with van der Waals surface area (Å²) in [5.41, 5.74) is 0.585. The highest BCUT2D eigenvalue weighted by atomic mass is 32.2. The Kier molecular flexibility index (Phi) is 5.16. The average Bonchev–Trinajstić information content (AvgIpc) is 2.76. The van der Waals surface area contributed by atoms with Gasteiger partial charge in [-0.15, -0.1) is 0 Å². The van der Waals surface area contributed by atoms with E-state index in [1.165, 1.54) is 6.07 Å². The summed E-state index contributed by atoms with van der Waals surface area (Å²) in [7, 11) is -3.03. The number of alkyl halides is 2. The Morgan fingerprint density at radius 1 is 1.38 bits per heavy atom. The number of hydrogen-bond donors (Lipinski definition) is 1. The zero-order chi connectivity index (χ0) is 15.5. The minimum absolute atomic E-state index is 0.0771. The smallest absolute Gasteiger partial charge is 0.387 e. The van der Waals surface area contributed by atoms with E-state index in [1.54, 1.807) is 18.2 Å². The molecule has 4 nitrogen and oxygen atoms in total. The van der Waals surface area contributed by atoms with E-state index in [4.69, 9.17) is 0 Å². The fraction of sp³-hybridized carbons (Fsp3) is 0.571. The molecule has 0 aliphatic carbocycles. The van der Waals surface area contributed by atoms with Gasteiger partial charge < -0.3 is 10.1 Å². The molecule has 7 heteroatoms. The Labute approximate surface area is 123 Å². The Morgan fingerprint density at radius 3 is 2.67 bits per heavy atom. The van der Waals surface area contributed by atoms with Crippen LogP contribution in [0.25, 0.3) is 0 Å². The number of sulfone groups is 1. The zero-order valence-electron chi connectivity index (χ0n) is 11.8. The van der Waals surface area contributed by atoms with E-state index >= 15 is 0 Å². The van der Waals surface area contributed by atoms with Crippen LogP contribution in [0.2, 0.25) is 0 Å². The van der Waals surface area contributed by atoms with Crippen molar-refractivity contribution in [2.24, 2.45) is 5.92 Å². The fourth-order valence-corrected chi connectivity index (χ4v) is 4.62. The lowest BCUT2D eigenvalue weighted by Crippen LogP contribution is -2.29. The summed E-state index contributed by atoms with van der Waals surface area (Å²) >= 11 is 0. The predicted octanol–water partition coefficient (Wildman–Crippen LogP) is 2.37. The SMILES string of the molecule is CCNC(c1ccccc1OC(F)F)C1CCS(=O)(=O)C1. The lowest BCUT2D eigenvalue weighted by molar-refractivity contribution is -0.0508. The highest BCUT2D eigenvalue weighted by Crippen LogP contribution is 2.36. The van der Waals surface area contributed by atoms with Crippen molar-refractivity contribution in [1.29, 1.82) is 0 Å². The van der Waals surface area contributed by atoms with Crippen LogP contribution >= 0.6 is 0 Å². The summed E-state index contributed by atoms with van der Waals surface area (Å²) < 4.78 is 52.9. The first-order chi connectivity index (χ1) is 9.93. The molecule has 0 radical (unpaired) electrons. The lowest BCUT2D eigenvalue weighted by Gasteiger charge is -2.25. The van der Waals surface area contributed by atoms with Crippen LogP contribution < -0.4 is 10.1 Å². The van der Waals surface area contributed by atoms with Crippen LogP contribution in [0, 0.1) is 5.92 Å². The molecule has 1 N–H and O–H groups in total. The van der Waals surface area contributed by atoms with Gasteiger partial charge in [0.25, 0.3) is 0 Å². The Balaban J connectivity index is 2.30. The largest absolute Gasteiger partial charge is 0.434 e. The normalized spacial score (nSPS) is 22.4. The summed E-state index contributed by atoms with van der Waals surface area (Å²) in [5.74, 6) is 0.200. The van der Waals surface area contributed by atoms with Crippen molar-refractivity contribution in [2.45, 2.75) is 26.0 Å². The molecule has 2 rings (SSSR count). The van der Waals surface area contributed by atoms with Gasteiger partial charge in [-0.05, 0) is 24.9 Å². The van der Waals surface area contributed by atoms with Crippen molar-refractivity contribution in [2.75, 3.05) is 18.1 Å². The molecule has 1 heterocycles. The Hall–Kier alpha value is -1.21. The van der Waals surface area contributed by atoms with E-state index in [-0.39, 0.29) is 29.2 Å². The number of benzene rings is 1. The summed E-state index contributed by atoms with van der Waals surface area (Å²) in [4.78, 5) is 0. The van der Waals surface area contributed by atoms with Gasteiger partial charge in [0.05, 0.1) is 11.5 Å². The molecular formula is C14H19F2NO3S. The number of hydrogen-bond acceptors (Lipinski definition) is 4. The predicted molar refractivity (Wildman–Crippen MR) is 76.3 cm³/mol. The third kappa shape index (κ3) is 4.14. The van der Waals surface area contributed by atoms with E-state index in [0.29, 0.717) is 18.5 Å². The zero-order valence-corrected chi connectivity index (χ0v) is 12.6. The third-order valence-corrected chi connectivity index (χ3v) is 5.43. The molecule has 2 unspecified atom stereocenters. The second-order valence-electron chi connectivity index (χ2n) is 5.11. The molecule has 1 aromatic rings. The quantitative estimate of drug-likeness (QED) is 0.874. The molecule has 21 heavy (non-hydrogen) atoms. The lowest BCUT2D eigenvalue weighted by atomic mass is 9.92. The van der Waals surface area contributed by atoms with Crippen molar-refractivity contribution in [3.05, 3.63) is 29.8 Å². The number of halogens is 2. The summed E-state index contributed by atoms with van der Waals surface area (Å²) in [6.45, 7) is -0.391. The fourth-order valence-electron chi connectivity index (χ4n) is 2.78. The van der Waals surface area contributed by atoms with E-state index in [1.807, 2.05) is 6.92 Å². The van der Waals surface area contributed by atoms with Gasteiger partial charge in [-0.25, -0.2) is 8.42 Å². The number of ether oxygens (including phenoxy) is 1. The first kappa shape index (κ1) is 16.2. The second-order valence-corrected chi connectivity index (χ2v) is 7.34. The van der Waals surface area contributed by atoms with Crippen molar-refractivity contribution < 1.29 is 21.9 Å². The van der Waals surface area contributed by atoms with E-state index in [0.717, 1.165) is 0 Å². The maximum absolute atomic E-state index is 12.5. The van der Waals surface area contributed by atoms with Crippen molar-refractivity contribution in [3.8, 4) is 5.75 Å². The number of rotatable bonds is 6. The first-order valence-corrected chi connectivity index (χ1v) is 8.72. The van der Waals surface area contributed by atoms with Crippen LogP contribution in [0.15, 0.2) is 24.3 Å². The molecule has 0 bridgehead atoms. The van der Waals surface area contributed by atoms with Gasteiger partial charge in [0.15, 0.2) is 9.84 Å². The van der Waals surface area contributed by atoms with Crippen molar-refractivity contribution in [1.82, 2.24) is 5.32 Å². The van der Waals surface area contributed by atoms with Gasteiger partial charge >= 0.3 is 6.61 Å². The molecule has 0 spiro atoms. The highest BCUT2D eigenvalue weighted by molar-refractivity contribution is 7.91. The minimum Gasteiger partial charge on any atom is -0.434 e. The van der Waals surface area contributed by atoms with Crippen LogP contribution in [-0.4, -0.2) is 33.1 Å². The van der Waals surface area contributed by atoms with Crippen LogP contribution in [0.5, 0.6) is 5.75 Å². The van der Waals surface area contributed by atoms with Crippen molar-refractivity contribution in [3.63, 3.8) is 0 Å². The molecule has 2 atom stereocenters. The molecule has 0 saturated carbocycles. The molecule has 1 saturated heterocycles. The molecular weight excluding hydrogens is 300 g/mol. The third-order valence-electron chi connectivity index (χ3n) is 3.63. The van der Waals surface area contributed by atoms with Gasteiger partial charge in [-0.2, -0.15) is 8.78 Å². The van der Waals surface area contributed by atoms with E-state index in [2.05, 4.69) is 10.1 Å². The van der Waals surface area contributed by atoms with Gasteiger partial charge in [-0.1, -0.05) is 25.1 Å². The monoisotopic (exact) mass is 319 g/mol. The minimum atomic E-state index is -3.03. The van der Waals surface area contributed by atoms with Crippen LogP contribution in [0.1, 0.15) is 24.9 Å². The van der Waals surface area contributed by atoms with E-state index in [9.17, 15) is 17.2 Å². The van der Waals surface area contributed by atoms with Gasteiger partial charge in [0.2, 0.25) is 0 Å². The maximum atomic E-state index is 12.5. The van der Waals surface area contributed by atoms with Crippen LogP contribution in [0.3, 0.4) is 0 Å². The maximum Gasteiger partial charge on any atom is 0.387 e. The van der Waals surface area contributed by atoms with Gasteiger partial charge in [0.1, 0.15) is 5.75 Å². The molecule has 1 aliphatic rings. The molecule has 118 valence electrons. The first-order valence-electron chi connectivity index (χ1n) is 6.90. The summed E-state index contributed by atoms with van der Waals surface area (Å²) in [5, 5.41) is 3.20. The van der Waals surface area contributed by atoms with E-state index < -0.39 is 16.4 Å². The molecule has 1 aromatic carbocycles. The van der Waals surface area contributed by atoms with Crippen LogP contribution in [0.4, 0.5) is 8.78 Å². The standard InChI is InChI=1S/C14H19F2NO3S/c1-2-17-13(10-7-8-21(18,19)9-10)11-5-3-4-6-12(11)20-14(15)16/h3-6,10,13-14,17H,2,7-9H2,1H3. The van der Waals surface area contributed by atoms with Gasteiger partial charge in [0, 0.05) is 11.6 Å². The summed E-state index contributed by atoms with van der Waals surface area (Å²) in [6, 6.07) is 6.24. The number of nitrogens with one attached hydrogen (secondary N) is 1. The summed E-state index contributed by atoms with van der Waals surface area (Å²) in [6.07, 6.45) is 0.531. The second kappa shape index (κ2) is 6.70. The molecule has 1 fully saturated rings. The molecule has 0 amide bonds. The average molecular weight is 319 g/mol. The Morgan fingerprint density at radius 2 is 2.10 bits per heavy atom. The topological polar surface area (TPSA) is 55.4 Å². The van der Waals surface area contributed by atoms with Crippen molar-refractivity contribution >= 4 is 9.84 Å². The van der Waals surface area contributed by atoms with Gasteiger partial charge in [-0.3, -0.25) is 0 Å². The highest BCUT2D eigenvalue weighted by Gasteiger charge is 2.35. The molecule has 1 aliphatic heterocycles. The number of para-hydroxylation sites is 1.